The summed E-state index contributed by atoms with van der Waals surface area (Å²) in [7, 11) is -5.47. The molecule has 1 aliphatic heterocycles. The Morgan fingerprint density at radius 1 is 0.905 bits per heavy atom. The van der Waals surface area contributed by atoms with Gasteiger partial charge in [-0.2, -0.15) is 0 Å². The number of ether oxygens (including phenoxy) is 2. The van der Waals surface area contributed by atoms with Gasteiger partial charge in [0.2, 0.25) is 10.0 Å². The number of fused-ring (bicyclic) bond motifs is 2. The molecule has 1 aliphatic carbocycles. The molecule has 0 saturated carbocycles. The summed E-state index contributed by atoms with van der Waals surface area (Å²) in [5.74, 6) is 0.702. The third-order valence-corrected chi connectivity index (χ3v) is 11.5. The summed E-state index contributed by atoms with van der Waals surface area (Å²) in [6.45, 7) is 4.17. The van der Waals surface area contributed by atoms with E-state index in [4.69, 9.17) is 21.1 Å². The van der Waals surface area contributed by atoms with Gasteiger partial charge < -0.3 is 9.47 Å². The van der Waals surface area contributed by atoms with Crippen molar-refractivity contribution in [3.05, 3.63) is 87.4 Å². The lowest BCUT2D eigenvalue weighted by Crippen LogP contribution is -2.40. The Morgan fingerprint density at radius 2 is 1.64 bits per heavy atom. The minimum Gasteiger partial charge on any atom is -0.491 e. The Morgan fingerprint density at radius 3 is 2.43 bits per heavy atom. The quantitative estimate of drug-likeness (QED) is 0.292. The van der Waals surface area contributed by atoms with Crippen LogP contribution in [0.2, 0.25) is 5.02 Å². The maximum absolute atomic E-state index is 13.3. The highest BCUT2D eigenvalue weighted by atomic mass is 35.5. The van der Waals surface area contributed by atoms with Crippen molar-refractivity contribution < 1.29 is 26.3 Å². The van der Waals surface area contributed by atoms with E-state index in [1.807, 2.05) is 25.1 Å². The maximum Gasteiger partial charge on any atom is 0.240 e. The second kappa shape index (κ2) is 13.0. The summed E-state index contributed by atoms with van der Waals surface area (Å²) in [4.78, 5) is 3.01. The monoisotopic (exact) mass is 632 g/mol. The van der Waals surface area contributed by atoms with Gasteiger partial charge in [-0.05, 0) is 90.4 Å². The van der Waals surface area contributed by atoms with E-state index >= 15 is 0 Å². The number of hydrogen-bond acceptors (Lipinski definition) is 7. The average molecular weight is 633 g/mol. The van der Waals surface area contributed by atoms with Crippen LogP contribution in [0.4, 0.5) is 0 Å². The third-order valence-electron chi connectivity index (χ3n) is 7.99. The fraction of sp³-hybridized carbons (Fsp3) is 0.419. The van der Waals surface area contributed by atoms with E-state index < -0.39 is 19.9 Å². The van der Waals surface area contributed by atoms with E-state index in [9.17, 15) is 16.8 Å². The first-order valence-electron chi connectivity index (χ1n) is 14.2. The van der Waals surface area contributed by atoms with Crippen molar-refractivity contribution >= 4 is 31.5 Å². The van der Waals surface area contributed by atoms with Gasteiger partial charge in [-0.25, -0.2) is 21.6 Å². The molecule has 8 nitrogen and oxygen atoms in total. The van der Waals surface area contributed by atoms with Gasteiger partial charge in [0.05, 0.1) is 22.2 Å². The summed E-state index contributed by atoms with van der Waals surface area (Å²) < 4.78 is 65.3. The van der Waals surface area contributed by atoms with Crippen LogP contribution in [0.15, 0.2) is 64.4 Å². The molecule has 0 fully saturated rings. The molecule has 0 radical (unpaired) electrons. The SMILES string of the molecule is CCCS(=O)(=O)c1ccc2c(c1)CC(N1CCc3ccc(S(=O)(=O)NCc4cc(Cl)ccc4OCCOC)cc3C1)C2. The Labute approximate surface area is 254 Å². The zero-order valence-corrected chi connectivity index (χ0v) is 26.3. The van der Waals surface area contributed by atoms with Crippen LogP contribution < -0.4 is 9.46 Å². The molecule has 2 aliphatic rings. The highest BCUT2D eigenvalue weighted by molar-refractivity contribution is 7.91. The first-order chi connectivity index (χ1) is 20.1. The highest BCUT2D eigenvalue weighted by Crippen LogP contribution is 2.32. The van der Waals surface area contributed by atoms with Crippen molar-refractivity contribution in [1.29, 1.82) is 0 Å². The molecule has 0 amide bonds. The van der Waals surface area contributed by atoms with E-state index in [1.165, 1.54) is 5.56 Å². The molecular formula is C31H37ClN2O6S2. The molecule has 1 N–H and O–H groups in total. The molecule has 5 rings (SSSR count). The van der Waals surface area contributed by atoms with E-state index in [2.05, 4.69) is 9.62 Å². The fourth-order valence-electron chi connectivity index (χ4n) is 5.76. The summed E-state index contributed by atoms with van der Waals surface area (Å²) in [6.07, 6.45) is 3.06. The Kier molecular flexibility index (Phi) is 9.61. The van der Waals surface area contributed by atoms with E-state index in [1.54, 1.807) is 43.5 Å². The largest absolute Gasteiger partial charge is 0.491 e. The molecule has 0 saturated heterocycles. The molecule has 0 aromatic heterocycles. The molecule has 0 bridgehead atoms. The predicted octanol–water partition coefficient (Wildman–Crippen LogP) is 4.55. The minimum atomic E-state index is -3.80. The normalized spacial score (nSPS) is 17.2. The minimum absolute atomic E-state index is 0.0325. The van der Waals surface area contributed by atoms with Gasteiger partial charge in [0.1, 0.15) is 12.4 Å². The number of halogens is 1. The molecular weight excluding hydrogens is 596 g/mol. The highest BCUT2D eigenvalue weighted by Gasteiger charge is 2.31. The molecule has 11 heteroatoms. The van der Waals surface area contributed by atoms with Crippen molar-refractivity contribution in [1.82, 2.24) is 9.62 Å². The van der Waals surface area contributed by atoms with E-state index in [0.717, 1.165) is 42.5 Å². The number of benzene rings is 3. The van der Waals surface area contributed by atoms with Crippen LogP contribution in [0.25, 0.3) is 0 Å². The Bertz CT molecular complexity index is 1660. The fourth-order valence-corrected chi connectivity index (χ4v) is 8.38. The van der Waals surface area contributed by atoms with Gasteiger partial charge in [-0.15, -0.1) is 0 Å². The molecule has 226 valence electrons. The summed E-state index contributed by atoms with van der Waals surface area (Å²) >= 11 is 6.17. The van der Waals surface area contributed by atoms with Gasteiger partial charge in [-0.1, -0.05) is 30.7 Å². The Balaban J connectivity index is 1.27. The van der Waals surface area contributed by atoms with Crippen LogP contribution in [0.5, 0.6) is 5.75 Å². The van der Waals surface area contributed by atoms with Crippen molar-refractivity contribution in [3.63, 3.8) is 0 Å². The van der Waals surface area contributed by atoms with Gasteiger partial charge in [-0.3, -0.25) is 4.90 Å². The van der Waals surface area contributed by atoms with Crippen LogP contribution in [-0.2, 0) is 56.9 Å². The van der Waals surface area contributed by atoms with Crippen molar-refractivity contribution in [3.8, 4) is 5.75 Å². The lowest BCUT2D eigenvalue weighted by molar-refractivity contribution is 0.145. The van der Waals surface area contributed by atoms with Crippen molar-refractivity contribution in [2.45, 2.75) is 61.5 Å². The molecule has 3 aromatic rings. The smallest absolute Gasteiger partial charge is 0.240 e. The number of nitrogens with zero attached hydrogens (tertiary/aromatic N) is 1. The van der Waals surface area contributed by atoms with Crippen LogP contribution in [0, 0.1) is 0 Å². The number of sulfone groups is 1. The maximum atomic E-state index is 13.3. The first-order valence-corrected chi connectivity index (χ1v) is 17.7. The number of rotatable bonds is 12. The molecule has 3 aromatic carbocycles. The van der Waals surface area contributed by atoms with Gasteiger partial charge >= 0.3 is 0 Å². The Hall–Kier alpha value is -2.47. The van der Waals surface area contributed by atoms with E-state index in [0.29, 0.717) is 47.4 Å². The number of sulfonamides is 1. The van der Waals surface area contributed by atoms with Crippen molar-refractivity contribution in [2.24, 2.45) is 0 Å². The van der Waals surface area contributed by atoms with Crippen LogP contribution >= 0.6 is 11.6 Å². The molecule has 1 heterocycles. The van der Waals surface area contributed by atoms with Crippen LogP contribution in [-0.4, -0.2) is 60.4 Å². The summed E-state index contributed by atoms with van der Waals surface area (Å²) in [5, 5.41) is 0.491. The third kappa shape index (κ3) is 7.01. The molecule has 1 atom stereocenters. The molecule has 42 heavy (non-hydrogen) atoms. The molecule has 0 spiro atoms. The van der Waals surface area contributed by atoms with Crippen LogP contribution in [0.1, 0.15) is 41.2 Å². The number of methoxy groups -OCH3 is 1. The van der Waals surface area contributed by atoms with Crippen molar-refractivity contribution in [2.75, 3.05) is 32.6 Å². The lowest BCUT2D eigenvalue weighted by Gasteiger charge is -2.33. The number of nitrogens with one attached hydrogen (secondary N) is 1. The molecule has 1 unspecified atom stereocenters. The van der Waals surface area contributed by atoms with Crippen LogP contribution in [0.3, 0.4) is 0 Å². The zero-order valence-electron chi connectivity index (χ0n) is 23.9. The standard InChI is InChI=1S/C31H37ClN2O6S2/c1-3-14-41(35,36)29-7-5-23-16-28(17-24(23)18-29)34-11-10-22-4-8-30(19-26(22)21-34)42(37,38)33-20-25-15-27(32)6-9-31(25)40-13-12-39-2/h4-9,15,18-19,28,33H,3,10-14,16-17,20-21H2,1-2H3. The topological polar surface area (TPSA) is 102 Å². The predicted molar refractivity (Wildman–Crippen MR) is 163 cm³/mol. The summed E-state index contributed by atoms with van der Waals surface area (Å²) in [6, 6.07) is 16.3. The van der Waals surface area contributed by atoms with Gasteiger partial charge in [0.15, 0.2) is 9.84 Å². The second-order valence-electron chi connectivity index (χ2n) is 10.9. The van der Waals surface area contributed by atoms with Gasteiger partial charge in [0.25, 0.3) is 0 Å². The number of hydrogen-bond donors (Lipinski definition) is 1. The summed E-state index contributed by atoms with van der Waals surface area (Å²) in [5.41, 5.74) is 5.07. The first kappa shape index (κ1) is 31.0. The lowest BCUT2D eigenvalue weighted by atomic mass is 9.98. The zero-order chi connectivity index (χ0) is 29.9. The van der Waals surface area contributed by atoms with E-state index in [-0.39, 0.29) is 23.2 Å². The van der Waals surface area contributed by atoms with Gasteiger partial charge in [0, 0.05) is 43.4 Å². The second-order valence-corrected chi connectivity index (χ2v) is 15.2. The average Bonchev–Trinajstić information content (AvgIpc) is 3.40.